The molecule has 0 saturated heterocycles. The van der Waals surface area contributed by atoms with Crippen LogP contribution in [0.25, 0.3) is 11.5 Å². The smallest absolute Gasteiger partial charge is 0.340 e. The van der Waals surface area contributed by atoms with Crippen molar-refractivity contribution in [2.75, 3.05) is 17.7 Å². The minimum atomic E-state index is -0.845. The van der Waals surface area contributed by atoms with Gasteiger partial charge in [0.25, 0.3) is 5.91 Å². The minimum absolute atomic E-state index is 0.0101. The molecule has 0 radical (unpaired) electrons. The van der Waals surface area contributed by atoms with Gasteiger partial charge in [-0.2, -0.15) is 0 Å². The van der Waals surface area contributed by atoms with Crippen molar-refractivity contribution in [3.05, 3.63) is 58.1 Å². The number of carbonyl (C=O) groups is 2. The van der Waals surface area contributed by atoms with Gasteiger partial charge in [0.05, 0.1) is 16.3 Å². The van der Waals surface area contributed by atoms with E-state index < -0.39 is 18.5 Å². The number of carbonyl (C=O) groups excluding carboxylic acids is 2. The van der Waals surface area contributed by atoms with Gasteiger partial charge >= 0.3 is 12.0 Å². The fourth-order valence-electron chi connectivity index (χ4n) is 2.09. The first-order valence-electron chi connectivity index (χ1n) is 7.54. The first-order chi connectivity index (χ1) is 12.9. The molecule has 1 amide bonds. The molecule has 0 spiro atoms. The highest BCUT2D eigenvalue weighted by Crippen LogP contribution is 2.28. The van der Waals surface area contributed by atoms with E-state index in [2.05, 4.69) is 15.5 Å². The van der Waals surface area contributed by atoms with Crippen LogP contribution in [0.2, 0.25) is 10.0 Å². The van der Waals surface area contributed by atoms with Crippen LogP contribution >= 0.6 is 23.2 Å². The topological polar surface area (TPSA) is 120 Å². The third kappa shape index (κ3) is 4.55. The summed E-state index contributed by atoms with van der Waals surface area (Å²) in [4.78, 5) is 24.0. The first-order valence-corrected chi connectivity index (χ1v) is 8.30. The highest BCUT2D eigenvalue weighted by Gasteiger charge is 2.17. The number of nitrogen functional groups attached to an aromatic ring is 1. The third-order valence-corrected chi connectivity index (χ3v) is 3.87. The van der Waals surface area contributed by atoms with Gasteiger partial charge in [-0.05, 0) is 24.3 Å². The molecule has 3 aromatic rings. The Labute approximate surface area is 163 Å². The Kier molecular flexibility index (Phi) is 5.58. The standard InChI is InChI=1S/C17H12Cl2N4O4/c18-10-6-11(14(20)12(19)7-10)16(25)26-8-13(24)21-17-23-22-15(27-17)9-4-2-1-3-5-9/h1-7H,8,20H2,(H,21,23,24). The maximum absolute atomic E-state index is 12.1. The number of esters is 1. The largest absolute Gasteiger partial charge is 0.452 e. The van der Waals surface area contributed by atoms with Crippen LogP contribution in [0.15, 0.2) is 46.9 Å². The molecule has 0 aliphatic carbocycles. The van der Waals surface area contributed by atoms with Gasteiger partial charge in [-0.15, -0.1) is 5.10 Å². The zero-order chi connectivity index (χ0) is 19.4. The molecule has 8 nitrogen and oxygen atoms in total. The van der Waals surface area contributed by atoms with Crippen molar-refractivity contribution < 1.29 is 18.7 Å². The molecule has 1 heterocycles. The number of nitrogens with two attached hydrogens (primary N) is 1. The van der Waals surface area contributed by atoms with E-state index >= 15 is 0 Å². The monoisotopic (exact) mass is 406 g/mol. The van der Waals surface area contributed by atoms with Crippen molar-refractivity contribution in [3.63, 3.8) is 0 Å². The summed E-state index contributed by atoms with van der Waals surface area (Å²) in [5, 5.41) is 10.2. The Morgan fingerprint density at radius 1 is 1.15 bits per heavy atom. The lowest BCUT2D eigenvalue weighted by Gasteiger charge is -2.08. The molecule has 0 atom stereocenters. The molecule has 0 saturated carbocycles. The lowest BCUT2D eigenvalue weighted by Crippen LogP contribution is -2.21. The molecular formula is C17H12Cl2N4O4. The number of nitrogens with one attached hydrogen (secondary N) is 1. The molecule has 1 aromatic heterocycles. The van der Waals surface area contributed by atoms with Gasteiger partial charge in [0.15, 0.2) is 6.61 Å². The van der Waals surface area contributed by atoms with Crippen molar-refractivity contribution in [2.45, 2.75) is 0 Å². The molecule has 27 heavy (non-hydrogen) atoms. The molecule has 0 aliphatic rings. The summed E-state index contributed by atoms with van der Waals surface area (Å²) in [7, 11) is 0. The van der Waals surface area contributed by atoms with Crippen LogP contribution in [-0.2, 0) is 9.53 Å². The van der Waals surface area contributed by atoms with E-state index in [1.165, 1.54) is 12.1 Å². The summed E-state index contributed by atoms with van der Waals surface area (Å²) in [5.74, 6) is -1.27. The second-order valence-electron chi connectivity index (χ2n) is 5.25. The van der Waals surface area contributed by atoms with Crippen molar-refractivity contribution in [3.8, 4) is 11.5 Å². The van der Waals surface area contributed by atoms with E-state index in [-0.39, 0.29) is 33.2 Å². The number of hydrogen-bond acceptors (Lipinski definition) is 7. The quantitative estimate of drug-likeness (QED) is 0.491. The fraction of sp³-hybridized carbons (Fsp3) is 0.0588. The zero-order valence-corrected chi connectivity index (χ0v) is 15.1. The van der Waals surface area contributed by atoms with Crippen LogP contribution in [0.4, 0.5) is 11.7 Å². The molecule has 0 bridgehead atoms. The number of rotatable bonds is 5. The number of benzene rings is 2. The number of amides is 1. The molecule has 138 valence electrons. The third-order valence-electron chi connectivity index (χ3n) is 3.34. The van der Waals surface area contributed by atoms with Gasteiger partial charge in [0.2, 0.25) is 5.89 Å². The molecule has 10 heteroatoms. The van der Waals surface area contributed by atoms with Crippen molar-refractivity contribution in [1.82, 2.24) is 10.2 Å². The molecule has 3 rings (SSSR count). The van der Waals surface area contributed by atoms with E-state index in [1.807, 2.05) is 18.2 Å². The number of anilines is 2. The number of halogens is 2. The van der Waals surface area contributed by atoms with Gasteiger partial charge in [-0.3, -0.25) is 10.1 Å². The summed E-state index contributed by atoms with van der Waals surface area (Å²) in [6.07, 6.45) is 0. The molecule has 2 aromatic carbocycles. The zero-order valence-electron chi connectivity index (χ0n) is 13.6. The second kappa shape index (κ2) is 8.07. The van der Waals surface area contributed by atoms with Gasteiger partial charge in [0.1, 0.15) is 0 Å². The number of nitrogens with zero attached hydrogens (tertiary/aromatic N) is 2. The van der Waals surface area contributed by atoms with E-state index in [9.17, 15) is 9.59 Å². The van der Waals surface area contributed by atoms with E-state index in [0.29, 0.717) is 5.56 Å². The van der Waals surface area contributed by atoms with Gasteiger partial charge < -0.3 is 14.9 Å². The van der Waals surface area contributed by atoms with Crippen molar-refractivity contribution >= 4 is 46.8 Å². The van der Waals surface area contributed by atoms with E-state index in [1.54, 1.807) is 12.1 Å². The summed E-state index contributed by atoms with van der Waals surface area (Å²) in [6, 6.07) is 11.6. The highest BCUT2D eigenvalue weighted by molar-refractivity contribution is 6.37. The Bertz CT molecular complexity index is 992. The summed E-state index contributed by atoms with van der Waals surface area (Å²) in [5.41, 5.74) is 6.39. The Hall–Kier alpha value is -3.10. The molecule has 3 N–H and O–H groups in total. The molecular weight excluding hydrogens is 395 g/mol. The molecule has 0 unspecified atom stereocenters. The van der Waals surface area contributed by atoms with Crippen molar-refractivity contribution in [1.29, 1.82) is 0 Å². The second-order valence-corrected chi connectivity index (χ2v) is 6.10. The van der Waals surface area contributed by atoms with E-state index in [4.69, 9.17) is 38.1 Å². The van der Waals surface area contributed by atoms with Gasteiger partial charge in [-0.25, -0.2) is 4.79 Å². The van der Waals surface area contributed by atoms with Gasteiger partial charge in [0, 0.05) is 10.6 Å². The Morgan fingerprint density at radius 3 is 2.63 bits per heavy atom. The molecule has 0 aliphatic heterocycles. The van der Waals surface area contributed by atoms with Crippen LogP contribution in [-0.4, -0.2) is 28.7 Å². The lowest BCUT2D eigenvalue weighted by atomic mass is 10.2. The maximum Gasteiger partial charge on any atom is 0.340 e. The van der Waals surface area contributed by atoms with Crippen LogP contribution < -0.4 is 11.1 Å². The lowest BCUT2D eigenvalue weighted by molar-refractivity contribution is -0.119. The predicted octanol–water partition coefficient (Wildman–Crippen LogP) is 3.42. The SMILES string of the molecule is Nc1c(Cl)cc(Cl)cc1C(=O)OCC(=O)Nc1nnc(-c2ccccc2)o1. The fourth-order valence-corrected chi connectivity index (χ4v) is 2.58. The first kappa shape index (κ1) is 18.7. The summed E-state index contributed by atoms with van der Waals surface area (Å²) >= 11 is 11.7. The summed E-state index contributed by atoms with van der Waals surface area (Å²) in [6.45, 7) is -0.592. The van der Waals surface area contributed by atoms with E-state index in [0.717, 1.165) is 0 Å². The Morgan fingerprint density at radius 2 is 1.89 bits per heavy atom. The average molecular weight is 407 g/mol. The summed E-state index contributed by atoms with van der Waals surface area (Å²) < 4.78 is 10.2. The Balaban J connectivity index is 1.59. The van der Waals surface area contributed by atoms with Gasteiger partial charge in [-0.1, -0.05) is 46.5 Å². The average Bonchev–Trinajstić information content (AvgIpc) is 3.12. The maximum atomic E-state index is 12.1. The predicted molar refractivity (Wildman–Crippen MR) is 99.5 cm³/mol. The highest BCUT2D eigenvalue weighted by atomic mass is 35.5. The number of ether oxygens (including phenoxy) is 1. The number of aromatic nitrogens is 2. The van der Waals surface area contributed by atoms with Crippen LogP contribution in [0.1, 0.15) is 10.4 Å². The minimum Gasteiger partial charge on any atom is -0.452 e. The van der Waals surface area contributed by atoms with Crippen LogP contribution in [0.3, 0.4) is 0 Å². The van der Waals surface area contributed by atoms with Crippen molar-refractivity contribution in [2.24, 2.45) is 0 Å². The normalized spacial score (nSPS) is 10.4. The number of hydrogen-bond donors (Lipinski definition) is 2. The molecule has 0 fully saturated rings. The van der Waals surface area contributed by atoms with Crippen LogP contribution in [0.5, 0.6) is 0 Å². The van der Waals surface area contributed by atoms with Crippen LogP contribution in [0, 0.1) is 0 Å².